The van der Waals surface area contributed by atoms with Crippen molar-refractivity contribution in [3.8, 4) is 11.8 Å². The topological polar surface area (TPSA) is 72.2 Å². The summed E-state index contributed by atoms with van der Waals surface area (Å²) >= 11 is 5.74. The van der Waals surface area contributed by atoms with Crippen molar-refractivity contribution in [3.05, 3.63) is 59.1 Å². The molecular formula is C15H13ClN2O2S. The van der Waals surface area contributed by atoms with Gasteiger partial charge in [-0.2, -0.15) is 0 Å². The molecule has 6 heteroatoms. The molecule has 108 valence electrons. The SMILES string of the molecule is NCC#Cc1ccc(NS(=O)(=O)c2ccc(Cl)cc2)cc1. The Balaban J connectivity index is 2.18. The highest BCUT2D eigenvalue weighted by atomic mass is 35.5. The molecule has 4 nitrogen and oxygen atoms in total. The third-order valence-corrected chi connectivity index (χ3v) is 4.25. The van der Waals surface area contributed by atoms with Crippen LogP contribution >= 0.6 is 11.6 Å². The fourth-order valence-electron chi connectivity index (χ4n) is 1.60. The second-order valence-corrected chi connectivity index (χ2v) is 6.26. The Morgan fingerprint density at radius 1 is 1.05 bits per heavy atom. The summed E-state index contributed by atoms with van der Waals surface area (Å²) in [4.78, 5) is 0.152. The predicted octanol–water partition coefficient (Wildman–Crippen LogP) is 2.45. The van der Waals surface area contributed by atoms with E-state index in [-0.39, 0.29) is 11.4 Å². The third-order valence-electron chi connectivity index (χ3n) is 2.60. The molecule has 0 saturated carbocycles. The Morgan fingerprint density at radius 3 is 2.24 bits per heavy atom. The molecule has 0 spiro atoms. The van der Waals surface area contributed by atoms with Gasteiger partial charge in [0, 0.05) is 16.3 Å². The third kappa shape index (κ3) is 4.23. The molecule has 0 amide bonds. The van der Waals surface area contributed by atoms with Gasteiger partial charge < -0.3 is 5.73 Å². The number of hydrogen-bond acceptors (Lipinski definition) is 3. The summed E-state index contributed by atoms with van der Waals surface area (Å²) in [5, 5.41) is 0.483. The van der Waals surface area contributed by atoms with Crippen molar-refractivity contribution < 1.29 is 8.42 Å². The molecule has 0 saturated heterocycles. The monoisotopic (exact) mass is 320 g/mol. The molecule has 2 aromatic rings. The normalized spacial score (nSPS) is 10.6. The minimum absolute atomic E-state index is 0.152. The molecule has 0 aliphatic heterocycles. The first kappa shape index (κ1) is 15.4. The molecule has 0 atom stereocenters. The van der Waals surface area contributed by atoms with Crippen LogP contribution in [0.5, 0.6) is 0 Å². The van der Waals surface area contributed by atoms with Crippen LogP contribution in [0.3, 0.4) is 0 Å². The Morgan fingerprint density at radius 2 is 1.67 bits per heavy atom. The number of anilines is 1. The first-order chi connectivity index (χ1) is 10.0. The highest BCUT2D eigenvalue weighted by Gasteiger charge is 2.13. The van der Waals surface area contributed by atoms with Crippen molar-refractivity contribution in [2.45, 2.75) is 4.90 Å². The lowest BCUT2D eigenvalue weighted by Crippen LogP contribution is -2.12. The molecule has 21 heavy (non-hydrogen) atoms. The van der Waals surface area contributed by atoms with Gasteiger partial charge >= 0.3 is 0 Å². The number of halogens is 1. The lowest BCUT2D eigenvalue weighted by molar-refractivity contribution is 0.601. The van der Waals surface area contributed by atoms with E-state index in [1.165, 1.54) is 24.3 Å². The molecule has 0 aromatic heterocycles. The summed E-state index contributed by atoms with van der Waals surface area (Å²) in [6, 6.07) is 12.7. The summed E-state index contributed by atoms with van der Waals surface area (Å²) in [7, 11) is -3.62. The molecule has 3 N–H and O–H groups in total. The molecule has 0 heterocycles. The van der Waals surface area contributed by atoms with E-state index in [9.17, 15) is 8.42 Å². The average molecular weight is 321 g/mol. The summed E-state index contributed by atoms with van der Waals surface area (Å²) in [6.45, 7) is 0.283. The maximum Gasteiger partial charge on any atom is 0.261 e. The van der Waals surface area contributed by atoms with Crippen LogP contribution in [-0.2, 0) is 10.0 Å². The lowest BCUT2D eigenvalue weighted by atomic mass is 10.2. The number of nitrogens with two attached hydrogens (primary N) is 1. The average Bonchev–Trinajstić information content (AvgIpc) is 2.47. The van der Waals surface area contributed by atoms with Crippen LogP contribution in [0.4, 0.5) is 5.69 Å². The number of sulfonamides is 1. The fraction of sp³-hybridized carbons (Fsp3) is 0.0667. The van der Waals surface area contributed by atoms with Gasteiger partial charge in [-0.1, -0.05) is 23.4 Å². The minimum atomic E-state index is -3.62. The Labute approximate surface area is 129 Å². The molecule has 2 aromatic carbocycles. The maximum absolute atomic E-state index is 12.2. The quantitative estimate of drug-likeness (QED) is 0.853. The van der Waals surface area contributed by atoms with Gasteiger partial charge in [-0.25, -0.2) is 8.42 Å². The largest absolute Gasteiger partial charge is 0.320 e. The van der Waals surface area contributed by atoms with Gasteiger partial charge in [0.05, 0.1) is 11.4 Å². The molecule has 2 rings (SSSR count). The van der Waals surface area contributed by atoms with Crippen molar-refractivity contribution in [2.75, 3.05) is 11.3 Å². The van der Waals surface area contributed by atoms with E-state index in [1.807, 2.05) is 0 Å². The smallest absolute Gasteiger partial charge is 0.261 e. The van der Waals surface area contributed by atoms with Crippen molar-refractivity contribution in [2.24, 2.45) is 5.73 Å². The molecule has 0 aliphatic rings. The highest BCUT2D eigenvalue weighted by Crippen LogP contribution is 2.18. The predicted molar refractivity (Wildman–Crippen MR) is 84.6 cm³/mol. The Hall–Kier alpha value is -2.00. The minimum Gasteiger partial charge on any atom is -0.320 e. The van der Waals surface area contributed by atoms with Gasteiger partial charge in [-0.3, -0.25) is 4.72 Å². The van der Waals surface area contributed by atoms with Gasteiger partial charge in [-0.15, -0.1) is 0 Å². The van der Waals surface area contributed by atoms with Gasteiger partial charge in [-0.05, 0) is 48.5 Å². The van der Waals surface area contributed by atoms with Gasteiger partial charge in [0.15, 0.2) is 0 Å². The zero-order valence-corrected chi connectivity index (χ0v) is 12.6. The highest BCUT2D eigenvalue weighted by molar-refractivity contribution is 7.92. The number of hydrogen-bond donors (Lipinski definition) is 2. The maximum atomic E-state index is 12.2. The number of rotatable bonds is 3. The van der Waals surface area contributed by atoms with Crippen molar-refractivity contribution in [1.82, 2.24) is 0 Å². The van der Waals surface area contributed by atoms with Crippen LogP contribution < -0.4 is 10.5 Å². The van der Waals surface area contributed by atoms with Crippen LogP contribution in [0.1, 0.15) is 5.56 Å². The lowest BCUT2D eigenvalue weighted by Gasteiger charge is -2.08. The van der Waals surface area contributed by atoms with E-state index in [4.69, 9.17) is 17.3 Å². The zero-order valence-electron chi connectivity index (χ0n) is 11.0. The molecule has 0 radical (unpaired) electrons. The van der Waals surface area contributed by atoms with Crippen LogP contribution in [-0.4, -0.2) is 15.0 Å². The standard InChI is InChI=1S/C15H13ClN2O2S/c16-13-5-9-15(10-6-13)21(19,20)18-14-7-3-12(4-8-14)2-1-11-17/h3-10,18H,11,17H2. The Bertz CT molecular complexity index is 773. The van der Waals surface area contributed by atoms with Crippen molar-refractivity contribution in [3.63, 3.8) is 0 Å². The summed E-state index contributed by atoms with van der Waals surface area (Å²) in [5.41, 5.74) is 6.52. The van der Waals surface area contributed by atoms with E-state index < -0.39 is 10.0 Å². The van der Waals surface area contributed by atoms with Gasteiger partial charge in [0.25, 0.3) is 10.0 Å². The number of nitrogens with one attached hydrogen (secondary N) is 1. The van der Waals surface area contributed by atoms with E-state index in [2.05, 4.69) is 16.6 Å². The van der Waals surface area contributed by atoms with E-state index >= 15 is 0 Å². The zero-order chi connectivity index (χ0) is 15.3. The van der Waals surface area contributed by atoms with E-state index in [0.717, 1.165) is 5.56 Å². The summed E-state index contributed by atoms with van der Waals surface area (Å²) in [6.07, 6.45) is 0. The van der Waals surface area contributed by atoms with Crippen molar-refractivity contribution in [1.29, 1.82) is 0 Å². The second kappa shape index (κ2) is 6.64. The molecule has 0 fully saturated rings. The molecule has 0 unspecified atom stereocenters. The van der Waals surface area contributed by atoms with E-state index in [0.29, 0.717) is 10.7 Å². The first-order valence-electron chi connectivity index (χ1n) is 6.09. The van der Waals surface area contributed by atoms with E-state index in [1.54, 1.807) is 24.3 Å². The molecule has 0 aliphatic carbocycles. The second-order valence-electron chi connectivity index (χ2n) is 4.14. The Kier molecular flexibility index (Phi) is 4.86. The first-order valence-corrected chi connectivity index (χ1v) is 7.95. The fourth-order valence-corrected chi connectivity index (χ4v) is 2.79. The van der Waals surface area contributed by atoms with Crippen molar-refractivity contribution >= 4 is 27.3 Å². The van der Waals surface area contributed by atoms with Crippen LogP contribution in [0, 0.1) is 11.8 Å². The van der Waals surface area contributed by atoms with Crippen LogP contribution in [0.2, 0.25) is 5.02 Å². The summed E-state index contributed by atoms with van der Waals surface area (Å²) in [5.74, 6) is 5.60. The number of benzene rings is 2. The van der Waals surface area contributed by atoms with Gasteiger partial charge in [0.2, 0.25) is 0 Å². The molecule has 0 bridgehead atoms. The van der Waals surface area contributed by atoms with Gasteiger partial charge in [0.1, 0.15) is 0 Å². The van der Waals surface area contributed by atoms with Crippen LogP contribution in [0.15, 0.2) is 53.4 Å². The summed E-state index contributed by atoms with van der Waals surface area (Å²) < 4.78 is 26.8. The van der Waals surface area contributed by atoms with Crippen LogP contribution in [0.25, 0.3) is 0 Å². The molecular weight excluding hydrogens is 308 g/mol.